The topological polar surface area (TPSA) is 61.6 Å². The maximum absolute atomic E-state index is 14.2. The number of piperazine rings is 1. The number of carbonyl (C=O) groups is 1. The molecule has 158 valence electrons. The van der Waals surface area contributed by atoms with Crippen LogP contribution in [0.4, 0.5) is 14.6 Å². The third-order valence-corrected chi connectivity index (χ3v) is 6.29. The van der Waals surface area contributed by atoms with E-state index in [0.717, 1.165) is 44.5 Å². The number of hydrogen-bond acceptors (Lipinski definition) is 5. The Bertz CT molecular complexity index is 856. The van der Waals surface area contributed by atoms with Gasteiger partial charge in [-0.3, -0.25) is 9.69 Å². The van der Waals surface area contributed by atoms with E-state index in [-0.39, 0.29) is 16.9 Å². The Labute approximate surface area is 169 Å². The number of amides is 1. The van der Waals surface area contributed by atoms with E-state index in [0.29, 0.717) is 24.9 Å². The van der Waals surface area contributed by atoms with Gasteiger partial charge < -0.3 is 14.7 Å². The second-order valence-electron chi connectivity index (χ2n) is 8.28. The van der Waals surface area contributed by atoms with Gasteiger partial charge in [-0.05, 0) is 56.7 Å². The minimum Gasteiger partial charge on any atom is -0.354 e. The molecule has 1 saturated carbocycles. The largest absolute Gasteiger partial charge is 0.354 e. The van der Waals surface area contributed by atoms with Crippen molar-refractivity contribution >= 4 is 22.7 Å². The first-order chi connectivity index (χ1) is 14.0. The van der Waals surface area contributed by atoms with Crippen LogP contribution < -0.4 is 10.2 Å². The standard InChI is InChI=1S/C21H28F2N4O2/c1-14(28)24-16-4-2-15(3-5-16)8-9-26-10-12-27(13-11-26)21-19-18(29-25-21)7-6-17(22)20(19)23/h6-7,15-16H,2-5,8-13H2,1H3,(H,24,28). The van der Waals surface area contributed by atoms with Crippen molar-refractivity contribution in [1.29, 1.82) is 0 Å². The highest BCUT2D eigenvalue weighted by Gasteiger charge is 2.26. The summed E-state index contributed by atoms with van der Waals surface area (Å²) < 4.78 is 33.0. The Balaban J connectivity index is 1.26. The van der Waals surface area contributed by atoms with Gasteiger partial charge in [-0.15, -0.1) is 0 Å². The second-order valence-corrected chi connectivity index (χ2v) is 8.28. The van der Waals surface area contributed by atoms with Crippen LogP contribution in [0.3, 0.4) is 0 Å². The first-order valence-electron chi connectivity index (χ1n) is 10.5. The molecule has 1 saturated heterocycles. The van der Waals surface area contributed by atoms with Crippen molar-refractivity contribution in [2.45, 2.75) is 45.1 Å². The SMILES string of the molecule is CC(=O)NC1CCC(CCN2CCN(c3noc4ccc(F)c(F)c34)CC2)CC1. The normalized spacial score (nSPS) is 23.5. The van der Waals surface area contributed by atoms with Crippen LogP contribution in [0.2, 0.25) is 0 Å². The van der Waals surface area contributed by atoms with Crippen LogP contribution in [0.15, 0.2) is 16.7 Å². The summed E-state index contributed by atoms with van der Waals surface area (Å²) in [7, 11) is 0. The highest BCUT2D eigenvalue weighted by atomic mass is 19.2. The number of fused-ring (bicyclic) bond motifs is 1. The van der Waals surface area contributed by atoms with Crippen LogP contribution >= 0.6 is 0 Å². The van der Waals surface area contributed by atoms with Gasteiger partial charge in [0.05, 0.1) is 0 Å². The summed E-state index contributed by atoms with van der Waals surface area (Å²) in [5.74, 6) is -0.596. The molecule has 6 nitrogen and oxygen atoms in total. The van der Waals surface area contributed by atoms with Crippen molar-refractivity contribution in [2.24, 2.45) is 5.92 Å². The maximum atomic E-state index is 14.2. The lowest BCUT2D eigenvalue weighted by Gasteiger charge is -2.36. The van der Waals surface area contributed by atoms with Crippen LogP contribution in [0.25, 0.3) is 11.0 Å². The van der Waals surface area contributed by atoms with E-state index < -0.39 is 11.6 Å². The minimum atomic E-state index is -0.893. The predicted octanol–water partition coefficient (Wildman–Crippen LogP) is 3.31. The Morgan fingerprint density at radius 1 is 1.17 bits per heavy atom. The Morgan fingerprint density at radius 3 is 2.59 bits per heavy atom. The van der Waals surface area contributed by atoms with Gasteiger partial charge in [-0.25, -0.2) is 8.78 Å². The summed E-state index contributed by atoms with van der Waals surface area (Å²) in [5, 5.41) is 7.15. The number of benzene rings is 1. The molecule has 8 heteroatoms. The number of halogens is 2. The Hall–Kier alpha value is -2.22. The lowest BCUT2D eigenvalue weighted by atomic mass is 9.84. The van der Waals surface area contributed by atoms with E-state index in [1.54, 1.807) is 6.92 Å². The fourth-order valence-corrected chi connectivity index (χ4v) is 4.60. The average Bonchev–Trinajstić information content (AvgIpc) is 3.15. The van der Waals surface area contributed by atoms with Crippen LogP contribution in [-0.2, 0) is 4.79 Å². The predicted molar refractivity (Wildman–Crippen MR) is 107 cm³/mol. The molecule has 1 aromatic carbocycles. The zero-order valence-corrected chi connectivity index (χ0v) is 16.8. The summed E-state index contributed by atoms with van der Waals surface area (Å²) in [6.07, 6.45) is 5.64. The Kier molecular flexibility index (Phi) is 5.99. The quantitative estimate of drug-likeness (QED) is 0.826. The van der Waals surface area contributed by atoms with Crippen molar-refractivity contribution in [2.75, 3.05) is 37.6 Å². The van der Waals surface area contributed by atoms with E-state index in [1.807, 2.05) is 4.90 Å². The zero-order valence-electron chi connectivity index (χ0n) is 16.8. The average molecular weight is 406 g/mol. The lowest BCUT2D eigenvalue weighted by molar-refractivity contribution is -0.119. The fourth-order valence-electron chi connectivity index (χ4n) is 4.60. The molecule has 0 spiro atoms. The van der Waals surface area contributed by atoms with E-state index in [4.69, 9.17) is 4.52 Å². The first kappa shape index (κ1) is 20.1. The monoisotopic (exact) mass is 406 g/mol. The molecule has 2 fully saturated rings. The first-order valence-corrected chi connectivity index (χ1v) is 10.5. The molecule has 1 aliphatic carbocycles. The molecule has 2 aromatic rings. The summed E-state index contributed by atoms with van der Waals surface area (Å²) in [4.78, 5) is 15.6. The number of aromatic nitrogens is 1. The van der Waals surface area contributed by atoms with Crippen molar-refractivity contribution in [3.8, 4) is 0 Å². The third kappa shape index (κ3) is 4.52. The molecule has 1 N–H and O–H groups in total. The molecule has 2 heterocycles. The molecule has 29 heavy (non-hydrogen) atoms. The summed E-state index contributed by atoms with van der Waals surface area (Å²) in [5.41, 5.74) is 0.274. The Morgan fingerprint density at radius 2 is 1.90 bits per heavy atom. The highest BCUT2D eigenvalue weighted by Crippen LogP contribution is 2.31. The summed E-state index contributed by atoms with van der Waals surface area (Å²) in [6.45, 7) is 5.79. The summed E-state index contributed by atoms with van der Waals surface area (Å²) in [6, 6.07) is 2.82. The molecular weight excluding hydrogens is 378 g/mol. The van der Waals surface area contributed by atoms with Gasteiger partial charge in [0.15, 0.2) is 23.0 Å². The maximum Gasteiger partial charge on any atom is 0.217 e. The van der Waals surface area contributed by atoms with Gasteiger partial charge in [0.2, 0.25) is 5.91 Å². The molecule has 0 bridgehead atoms. The zero-order chi connectivity index (χ0) is 20.4. The molecule has 1 aromatic heterocycles. The second kappa shape index (κ2) is 8.65. The lowest BCUT2D eigenvalue weighted by Crippen LogP contribution is -2.47. The van der Waals surface area contributed by atoms with E-state index in [2.05, 4.69) is 15.4 Å². The van der Waals surface area contributed by atoms with Gasteiger partial charge >= 0.3 is 0 Å². The molecule has 1 aliphatic heterocycles. The van der Waals surface area contributed by atoms with E-state index in [9.17, 15) is 13.6 Å². The molecule has 1 amide bonds. The van der Waals surface area contributed by atoms with Crippen molar-refractivity contribution < 1.29 is 18.1 Å². The number of rotatable bonds is 5. The van der Waals surface area contributed by atoms with Crippen LogP contribution in [0.1, 0.15) is 39.0 Å². The van der Waals surface area contributed by atoms with Gasteiger partial charge in [0.1, 0.15) is 5.39 Å². The molecule has 4 rings (SSSR count). The van der Waals surface area contributed by atoms with E-state index >= 15 is 0 Å². The van der Waals surface area contributed by atoms with Gasteiger partial charge in [-0.1, -0.05) is 5.16 Å². The molecule has 0 atom stereocenters. The van der Waals surface area contributed by atoms with E-state index in [1.165, 1.54) is 25.3 Å². The van der Waals surface area contributed by atoms with Crippen molar-refractivity contribution in [3.05, 3.63) is 23.8 Å². The number of anilines is 1. The number of nitrogens with one attached hydrogen (secondary N) is 1. The fraction of sp³-hybridized carbons (Fsp3) is 0.619. The smallest absolute Gasteiger partial charge is 0.217 e. The van der Waals surface area contributed by atoms with Crippen LogP contribution in [0, 0.1) is 17.6 Å². The molecule has 2 aliphatic rings. The molecule has 0 radical (unpaired) electrons. The number of carbonyl (C=O) groups excluding carboxylic acids is 1. The molecular formula is C21H28F2N4O2. The van der Waals surface area contributed by atoms with Crippen molar-refractivity contribution in [1.82, 2.24) is 15.4 Å². The third-order valence-electron chi connectivity index (χ3n) is 6.29. The highest BCUT2D eigenvalue weighted by molar-refractivity contribution is 5.89. The number of hydrogen-bond donors (Lipinski definition) is 1. The minimum absolute atomic E-state index is 0.0637. The molecule has 0 unspecified atom stereocenters. The number of nitrogens with zero attached hydrogens (tertiary/aromatic N) is 3. The van der Waals surface area contributed by atoms with Crippen LogP contribution in [0.5, 0.6) is 0 Å². The summed E-state index contributed by atoms with van der Waals surface area (Å²) >= 11 is 0. The van der Waals surface area contributed by atoms with Gasteiger partial charge in [0.25, 0.3) is 0 Å². The van der Waals surface area contributed by atoms with Gasteiger partial charge in [-0.2, -0.15) is 0 Å². The van der Waals surface area contributed by atoms with Crippen molar-refractivity contribution in [3.63, 3.8) is 0 Å². The van der Waals surface area contributed by atoms with Gasteiger partial charge in [0, 0.05) is 39.1 Å². The van der Waals surface area contributed by atoms with Crippen LogP contribution in [-0.4, -0.2) is 54.7 Å².